The third kappa shape index (κ3) is 3.53. The average Bonchev–Trinajstić information content (AvgIpc) is 2.50. The second-order valence-corrected chi connectivity index (χ2v) is 4.52. The van der Waals surface area contributed by atoms with Gasteiger partial charge in [0.25, 0.3) is 5.91 Å². The number of nitrogens with zero attached hydrogens (tertiary/aromatic N) is 1. The number of hydrogen-bond donors (Lipinski definition) is 1. The van der Waals surface area contributed by atoms with Crippen LogP contribution in [0.2, 0.25) is 0 Å². The third-order valence-corrected chi connectivity index (χ3v) is 3.09. The van der Waals surface area contributed by atoms with Crippen LogP contribution in [0.25, 0.3) is 0 Å². The molecule has 1 atom stereocenters. The largest absolute Gasteiger partial charge is 0.376 e. The van der Waals surface area contributed by atoms with Crippen LogP contribution in [-0.2, 0) is 14.3 Å². The molecule has 2 N–H and O–H groups in total. The smallest absolute Gasteiger partial charge is 0.258 e. The highest BCUT2D eigenvalue weighted by Gasteiger charge is 2.29. The Morgan fingerprint density at radius 2 is 2.20 bits per heavy atom. The van der Waals surface area contributed by atoms with Crippen LogP contribution in [0.15, 0.2) is 24.3 Å². The van der Waals surface area contributed by atoms with Gasteiger partial charge in [-0.1, -0.05) is 12.1 Å². The van der Waals surface area contributed by atoms with Gasteiger partial charge in [-0.15, -0.1) is 0 Å². The number of anilines is 1. The summed E-state index contributed by atoms with van der Waals surface area (Å²) in [6.07, 6.45) is -0.0886. The molecule has 5 nitrogen and oxygen atoms in total. The number of benzene rings is 1. The molecule has 1 unspecified atom stereocenters. The van der Waals surface area contributed by atoms with E-state index in [0.29, 0.717) is 32.7 Å². The molecular formula is C14H19FN2O3. The fourth-order valence-electron chi connectivity index (χ4n) is 2.07. The lowest BCUT2D eigenvalue weighted by Gasteiger charge is -2.29. The van der Waals surface area contributed by atoms with Crippen molar-refractivity contribution in [3.8, 4) is 0 Å². The van der Waals surface area contributed by atoms with Crippen molar-refractivity contribution in [2.75, 3.05) is 37.8 Å². The molecule has 2 rings (SSSR count). The van der Waals surface area contributed by atoms with Gasteiger partial charge in [0.15, 0.2) is 6.10 Å². The summed E-state index contributed by atoms with van der Waals surface area (Å²) in [4.78, 5) is 13.9. The van der Waals surface area contributed by atoms with Gasteiger partial charge in [-0.05, 0) is 25.1 Å². The highest BCUT2D eigenvalue weighted by Crippen LogP contribution is 2.21. The van der Waals surface area contributed by atoms with Crippen molar-refractivity contribution < 1.29 is 18.7 Å². The maximum Gasteiger partial charge on any atom is 0.258 e. The van der Waals surface area contributed by atoms with Crippen LogP contribution < -0.4 is 10.6 Å². The maximum absolute atomic E-state index is 13.9. The van der Waals surface area contributed by atoms with Crippen molar-refractivity contribution in [3.05, 3.63) is 30.1 Å². The van der Waals surface area contributed by atoms with Gasteiger partial charge in [0.05, 0.1) is 25.5 Å². The Morgan fingerprint density at radius 3 is 2.85 bits per heavy atom. The molecule has 0 spiro atoms. The molecule has 0 aromatic heterocycles. The first kappa shape index (κ1) is 14.9. The molecule has 1 aliphatic heterocycles. The number of carbonyl (C=O) groups is 1. The lowest BCUT2D eigenvalue weighted by Crippen LogP contribution is -2.46. The van der Waals surface area contributed by atoms with E-state index in [2.05, 4.69) is 0 Å². The normalized spacial score (nSPS) is 18.8. The zero-order valence-electron chi connectivity index (χ0n) is 11.3. The molecule has 1 aromatic carbocycles. The highest BCUT2D eigenvalue weighted by molar-refractivity contribution is 5.96. The van der Waals surface area contributed by atoms with Gasteiger partial charge >= 0.3 is 0 Å². The van der Waals surface area contributed by atoms with Crippen LogP contribution in [0, 0.1) is 5.82 Å². The van der Waals surface area contributed by atoms with Crippen LogP contribution in [0.3, 0.4) is 0 Å². The Labute approximate surface area is 117 Å². The summed E-state index contributed by atoms with van der Waals surface area (Å²) in [5.74, 6) is -0.724. The van der Waals surface area contributed by atoms with Gasteiger partial charge in [-0.25, -0.2) is 4.39 Å². The second kappa shape index (κ2) is 7.33. The summed E-state index contributed by atoms with van der Waals surface area (Å²) >= 11 is 0. The molecule has 0 bridgehead atoms. The highest BCUT2D eigenvalue weighted by atomic mass is 19.1. The van der Waals surface area contributed by atoms with Crippen molar-refractivity contribution in [2.45, 2.75) is 12.5 Å². The molecular weight excluding hydrogens is 263 g/mol. The Morgan fingerprint density at radius 1 is 1.40 bits per heavy atom. The first-order chi connectivity index (χ1) is 9.74. The lowest BCUT2D eigenvalue weighted by atomic mass is 10.2. The van der Waals surface area contributed by atoms with Crippen molar-refractivity contribution in [1.82, 2.24) is 0 Å². The molecule has 1 saturated heterocycles. The number of rotatable bonds is 5. The van der Waals surface area contributed by atoms with E-state index in [4.69, 9.17) is 15.2 Å². The Hall–Kier alpha value is -1.50. The van der Waals surface area contributed by atoms with Crippen LogP contribution in [0.1, 0.15) is 6.42 Å². The van der Waals surface area contributed by atoms with Gasteiger partial charge in [-0.3, -0.25) is 4.79 Å². The van der Waals surface area contributed by atoms with Gasteiger partial charge < -0.3 is 20.1 Å². The first-order valence-corrected chi connectivity index (χ1v) is 6.69. The second-order valence-electron chi connectivity index (χ2n) is 4.52. The van der Waals surface area contributed by atoms with E-state index in [0.717, 1.165) is 0 Å². The summed E-state index contributed by atoms with van der Waals surface area (Å²) in [6, 6.07) is 6.19. The molecule has 1 aromatic rings. The van der Waals surface area contributed by atoms with E-state index >= 15 is 0 Å². The molecule has 1 fully saturated rings. The molecule has 0 saturated carbocycles. The number of hydrogen-bond acceptors (Lipinski definition) is 4. The van der Waals surface area contributed by atoms with Crippen molar-refractivity contribution in [1.29, 1.82) is 0 Å². The number of para-hydroxylation sites is 1. The first-order valence-electron chi connectivity index (χ1n) is 6.69. The van der Waals surface area contributed by atoms with Gasteiger partial charge in [0.1, 0.15) is 5.82 Å². The number of nitrogens with two attached hydrogens (primary N) is 1. The monoisotopic (exact) mass is 282 g/mol. The predicted octanol–water partition coefficient (Wildman–Crippen LogP) is 0.923. The Kier molecular flexibility index (Phi) is 5.46. The zero-order chi connectivity index (χ0) is 14.4. The predicted molar refractivity (Wildman–Crippen MR) is 73.0 cm³/mol. The van der Waals surface area contributed by atoms with Crippen molar-refractivity contribution >= 4 is 11.6 Å². The summed E-state index contributed by atoms with van der Waals surface area (Å²) in [5.41, 5.74) is 5.73. The number of carbonyl (C=O) groups excluding carboxylic acids is 1. The molecule has 6 heteroatoms. The molecule has 1 heterocycles. The summed E-state index contributed by atoms with van der Waals surface area (Å²) in [7, 11) is 0. The minimum Gasteiger partial charge on any atom is -0.376 e. The van der Waals surface area contributed by atoms with Gasteiger partial charge in [-0.2, -0.15) is 0 Å². The number of amides is 1. The molecule has 20 heavy (non-hydrogen) atoms. The topological polar surface area (TPSA) is 64.8 Å². The summed E-state index contributed by atoms with van der Waals surface area (Å²) in [6.45, 7) is 1.84. The molecule has 1 aliphatic rings. The Bertz CT molecular complexity index is 450. The van der Waals surface area contributed by atoms with Crippen molar-refractivity contribution in [2.24, 2.45) is 5.73 Å². The summed E-state index contributed by atoms with van der Waals surface area (Å²) < 4.78 is 24.5. The van der Waals surface area contributed by atoms with Crippen LogP contribution in [0.4, 0.5) is 10.1 Å². The van der Waals surface area contributed by atoms with E-state index < -0.39 is 11.9 Å². The maximum atomic E-state index is 13.9. The minimum absolute atomic E-state index is 0.201. The van der Waals surface area contributed by atoms with E-state index in [9.17, 15) is 9.18 Å². The molecule has 0 aliphatic carbocycles. The van der Waals surface area contributed by atoms with Crippen LogP contribution >= 0.6 is 0 Å². The van der Waals surface area contributed by atoms with Gasteiger partial charge in [0.2, 0.25) is 0 Å². The Balaban J connectivity index is 2.18. The van der Waals surface area contributed by atoms with E-state index in [1.54, 1.807) is 18.2 Å². The molecule has 110 valence electrons. The van der Waals surface area contributed by atoms with Gasteiger partial charge in [0, 0.05) is 6.54 Å². The van der Waals surface area contributed by atoms with E-state index in [1.165, 1.54) is 11.0 Å². The minimum atomic E-state index is -0.680. The fourth-order valence-corrected chi connectivity index (χ4v) is 2.07. The summed E-state index contributed by atoms with van der Waals surface area (Å²) in [5, 5.41) is 0. The number of halogens is 1. The zero-order valence-corrected chi connectivity index (χ0v) is 11.3. The SMILES string of the molecule is NCCCN(C(=O)C1COCCO1)c1ccccc1F. The quantitative estimate of drug-likeness (QED) is 0.872. The van der Waals surface area contributed by atoms with Crippen molar-refractivity contribution in [3.63, 3.8) is 0 Å². The molecule has 1 amide bonds. The van der Waals surface area contributed by atoms with Crippen LogP contribution in [-0.4, -0.2) is 44.9 Å². The van der Waals surface area contributed by atoms with E-state index in [1.807, 2.05) is 0 Å². The molecule has 0 radical (unpaired) electrons. The van der Waals surface area contributed by atoms with Crippen LogP contribution in [0.5, 0.6) is 0 Å². The fraction of sp³-hybridized carbons (Fsp3) is 0.500. The lowest BCUT2D eigenvalue weighted by molar-refractivity contribution is -0.144. The van der Waals surface area contributed by atoms with E-state index in [-0.39, 0.29) is 18.2 Å². The third-order valence-electron chi connectivity index (χ3n) is 3.09. The average molecular weight is 282 g/mol. The standard InChI is InChI=1S/C14H19FN2O3/c15-11-4-1-2-5-12(11)17(7-3-6-16)14(18)13-10-19-8-9-20-13/h1-2,4-5,13H,3,6-10,16H2. The number of ether oxygens (including phenoxy) is 2.